The van der Waals surface area contributed by atoms with Gasteiger partial charge in [-0.25, -0.2) is 4.63 Å². The number of hydrogen-bond donors (Lipinski definition) is 1. The number of nitrogens with zero attached hydrogens (tertiary/aromatic N) is 4. The van der Waals surface area contributed by atoms with E-state index >= 15 is 0 Å². The van der Waals surface area contributed by atoms with Crippen molar-refractivity contribution in [3.8, 4) is 0 Å². The summed E-state index contributed by atoms with van der Waals surface area (Å²) in [6.07, 6.45) is 4.43. The minimum Gasteiger partial charge on any atom is -0.379 e. The monoisotopic (exact) mass is 267 g/mol. The Kier molecular flexibility index (Phi) is 4.36. The molecule has 0 atom stereocenters. The second-order valence-corrected chi connectivity index (χ2v) is 5.24. The molecule has 0 unspecified atom stereocenters. The molecule has 1 aliphatic carbocycles. The van der Waals surface area contributed by atoms with E-state index in [4.69, 9.17) is 5.73 Å². The lowest BCUT2D eigenvalue weighted by molar-refractivity contribution is 0.0657. The first-order chi connectivity index (χ1) is 9.09. The topological polar surface area (TPSA) is 88.5 Å². The number of carbonyl (C=O) groups is 1. The smallest absolute Gasteiger partial charge is 0.280 e. The number of carbonyl (C=O) groups excluding carboxylic acids is 1. The molecule has 1 heterocycles. The molecular formula is C12H21N5O2. The van der Waals surface area contributed by atoms with Crippen LogP contribution in [0.25, 0.3) is 0 Å². The van der Waals surface area contributed by atoms with E-state index in [1.54, 1.807) is 0 Å². The lowest BCUT2D eigenvalue weighted by Gasteiger charge is -2.29. The number of hydrogen-bond acceptors (Lipinski definition) is 6. The quantitative estimate of drug-likeness (QED) is 0.840. The molecule has 2 rings (SSSR count). The summed E-state index contributed by atoms with van der Waals surface area (Å²) in [4.78, 5) is 16.4. The molecule has 0 spiro atoms. The Bertz CT molecular complexity index is 426. The van der Waals surface area contributed by atoms with Gasteiger partial charge in [0.05, 0.1) is 0 Å². The highest BCUT2D eigenvalue weighted by molar-refractivity contribution is 5.96. The normalized spacial score (nSPS) is 16.2. The fraction of sp³-hybridized carbons (Fsp3) is 0.750. The third-order valence-corrected chi connectivity index (χ3v) is 3.53. The molecule has 2 N–H and O–H groups in total. The summed E-state index contributed by atoms with van der Waals surface area (Å²) >= 11 is 0. The van der Waals surface area contributed by atoms with Gasteiger partial charge in [-0.2, -0.15) is 0 Å². The Morgan fingerprint density at radius 1 is 1.32 bits per heavy atom. The second-order valence-electron chi connectivity index (χ2n) is 5.24. The molecule has 1 fully saturated rings. The molecule has 106 valence electrons. The van der Waals surface area contributed by atoms with Crippen LogP contribution in [0.15, 0.2) is 4.63 Å². The van der Waals surface area contributed by atoms with Crippen molar-refractivity contribution in [2.45, 2.75) is 31.7 Å². The summed E-state index contributed by atoms with van der Waals surface area (Å²) in [5.74, 6) is -0.106. The lowest BCUT2D eigenvalue weighted by Crippen LogP contribution is -2.43. The van der Waals surface area contributed by atoms with Crippen LogP contribution in [0.5, 0.6) is 0 Å². The SMILES string of the molecule is CN(C)CCN(C(=O)c1nonc1N)C1CCCC1. The van der Waals surface area contributed by atoms with Crippen LogP contribution in [0.4, 0.5) is 5.82 Å². The van der Waals surface area contributed by atoms with Crippen LogP contribution < -0.4 is 5.73 Å². The number of anilines is 1. The molecule has 19 heavy (non-hydrogen) atoms. The van der Waals surface area contributed by atoms with Gasteiger partial charge in [-0.05, 0) is 37.3 Å². The van der Waals surface area contributed by atoms with Gasteiger partial charge in [-0.15, -0.1) is 0 Å². The minimum atomic E-state index is -0.174. The summed E-state index contributed by atoms with van der Waals surface area (Å²) in [6, 6.07) is 0.281. The fourth-order valence-corrected chi connectivity index (χ4v) is 2.45. The first kappa shape index (κ1) is 13.8. The molecule has 0 radical (unpaired) electrons. The van der Waals surface area contributed by atoms with Gasteiger partial charge in [-0.3, -0.25) is 4.79 Å². The van der Waals surface area contributed by atoms with Crippen molar-refractivity contribution in [3.05, 3.63) is 5.69 Å². The number of amides is 1. The van der Waals surface area contributed by atoms with Gasteiger partial charge >= 0.3 is 0 Å². The highest BCUT2D eigenvalue weighted by Gasteiger charge is 2.30. The predicted octanol–water partition coefficient (Wildman–Crippen LogP) is 0.598. The number of aromatic nitrogens is 2. The van der Waals surface area contributed by atoms with Crippen LogP contribution in [0.1, 0.15) is 36.2 Å². The largest absolute Gasteiger partial charge is 0.379 e. The fourth-order valence-electron chi connectivity index (χ4n) is 2.45. The van der Waals surface area contributed by atoms with E-state index in [2.05, 4.69) is 19.8 Å². The molecule has 0 aromatic carbocycles. The molecular weight excluding hydrogens is 246 g/mol. The maximum Gasteiger partial charge on any atom is 0.280 e. The molecule has 1 aromatic heterocycles. The van der Waals surface area contributed by atoms with Crippen molar-refractivity contribution in [3.63, 3.8) is 0 Å². The van der Waals surface area contributed by atoms with Crippen molar-refractivity contribution in [2.75, 3.05) is 32.9 Å². The van der Waals surface area contributed by atoms with E-state index in [9.17, 15) is 4.79 Å². The molecule has 1 aliphatic rings. The van der Waals surface area contributed by atoms with Gasteiger partial charge in [0.2, 0.25) is 11.5 Å². The first-order valence-electron chi connectivity index (χ1n) is 6.63. The standard InChI is InChI=1S/C12H21N5O2/c1-16(2)7-8-17(9-5-3-4-6-9)12(18)10-11(13)15-19-14-10/h9H,3-8H2,1-2H3,(H2,13,15). The lowest BCUT2D eigenvalue weighted by atomic mass is 10.2. The van der Waals surface area contributed by atoms with Gasteiger partial charge in [0.15, 0.2) is 0 Å². The van der Waals surface area contributed by atoms with Crippen molar-refractivity contribution < 1.29 is 9.42 Å². The zero-order chi connectivity index (χ0) is 13.8. The van der Waals surface area contributed by atoms with E-state index < -0.39 is 0 Å². The maximum atomic E-state index is 12.5. The van der Waals surface area contributed by atoms with Gasteiger partial charge in [0, 0.05) is 19.1 Å². The Morgan fingerprint density at radius 2 is 2.00 bits per heavy atom. The molecule has 0 saturated heterocycles. The van der Waals surface area contributed by atoms with Crippen LogP contribution in [-0.2, 0) is 0 Å². The van der Waals surface area contributed by atoms with E-state index in [1.807, 2.05) is 19.0 Å². The molecule has 7 heteroatoms. The molecule has 1 saturated carbocycles. The summed E-state index contributed by atoms with van der Waals surface area (Å²) in [5, 5.41) is 7.09. The second kappa shape index (κ2) is 6.01. The Labute approximate surface area is 112 Å². The highest BCUT2D eigenvalue weighted by Crippen LogP contribution is 2.25. The van der Waals surface area contributed by atoms with Crippen LogP contribution in [0.2, 0.25) is 0 Å². The van der Waals surface area contributed by atoms with Crippen molar-refractivity contribution in [1.29, 1.82) is 0 Å². The summed E-state index contributed by atoms with van der Waals surface area (Å²) < 4.78 is 4.52. The molecule has 1 amide bonds. The average molecular weight is 267 g/mol. The van der Waals surface area contributed by atoms with Crippen LogP contribution in [-0.4, -0.2) is 59.2 Å². The average Bonchev–Trinajstić information content (AvgIpc) is 3.00. The number of nitrogen functional groups attached to an aromatic ring is 1. The van der Waals surface area contributed by atoms with Gasteiger partial charge in [0.1, 0.15) is 0 Å². The van der Waals surface area contributed by atoms with Gasteiger partial charge in [-0.1, -0.05) is 12.8 Å². The van der Waals surface area contributed by atoms with E-state index in [1.165, 1.54) is 12.8 Å². The zero-order valence-electron chi connectivity index (χ0n) is 11.5. The Balaban J connectivity index is 2.11. The van der Waals surface area contributed by atoms with Crippen LogP contribution in [0, 0.1) is 0 Å². The summed E-state index contributed by atoms with van der Waals surface area (Å²) in [5.41, 5.74) is 5.74. The maximum absolute atomic E-state index is 12.5. The zero-order valence-corrected chi connectivity index (χ0v) is 11.5. The van der Waals surface area contributed by atoms with E-state index in [0.29, 0.717) is 6.54 Å². The van der Waals surface area contributed by atoms with E-state index in [-0.39, 0.29) is 23.5 Å². The number of rotatable bonds is 5. The summed E-state index contributed by atoms with van der Waals surface area (Å²) in [7, 11) is 3.98. The minimum absolute atomic E-state index is 0.0675. The number of nitrogens with two attached hydrogens (primary N) is 1. The molecule has 0 aliphatic heterocycles. The van der Waals surface area contributed by atoms with Crippen molar-refractivity contribution >= 4 is 11.7 Å². The Morgan fingerprint density at radius 3 is 2.53 bits per heavy atom. The first-order valence-corrected chi connectivity index (χ1v) is 6.63. The number of likely N-dealkylation sites (N-methyl/N-ethyl adjacent to an activating group) is 1. The van der Waals surface area contributed by atoms with Crippen LogP contribution >= 0.6 is 0 Å². The molecule has 1 aromatic rings. The van der Waals surface area contributed by atoms with Gasteiger partial charge < -0.3 is 15.5 Å². The predicted molar refractivity (Wildman–Crippen MR) is 70.6 cm³/mol. The Hall–Kier alpha value is -1.63. The van der Waals surface area contributed by atoms with Gasteiger partial charge in [0.25, 0.3) is 5.91 Å². The third-order valence-electron chi connectivity index (χ3n) is 3.53. The van der Waals surface area contributed by atoms with Crippen molar-refractivity contribution in [2.24, 2.45) is 0 Å². The van der Waals surface area contributed by atoms with E-state index in [0.717, 1.165) is 19.4 Å². The molecule has 7 nitrogen and oxygen atoms in total. The van der Waals surface area contributed by atoms with Crippen LogP contribution in [0.3, 0.4) is 0 Å². The molecule has 0 bridgehead atoms. The van der Waals surface area contributed by atoms with Crippen molar-refractivity contribution in [1.82, 2.24) is 20.1 Å². The summed E-state index contributed by atoms with van der Waals surface area (Å²) in [6.45, 7) is 1.48. The third kappa shape index (κ3) is 3.23. The highest BCUT2D eigenvalue weighted by atomic mass is 16.6.